The van der Waals surface area contributed by atoms with Gasteiger partial charge in [-0.15, -0.1) is 0 Å². The molecule has 3 aliphatic heterocycles. The van der Waals surface area contributed by atoms with E-state index in [1.165, 1.54) is 0 Å². The van der Waals surface area contributed by atoms with Crippen LogP contribution in [0.1, 0.15) is 37.7 Å². The van der Waals surface area contributed by atoms with Crippen LogP contribution in [-0.4, -0.2) is 53.5 Å². The molecule has 8 nitrogen and oxygen atoms in total. The average molecular weight is 550 g/mol. The van der Waals surface area contributed by atoms with Crippen LogP contribution in [0.5, 0.6) is 5.75 Å². The number of carbonyl (C=O) groups is 3. The highest BCUT2D eigenvalue weighted by Gasteiger charge is 2.72. The molecule has 3 fully saturated rings. The molecule has 2 aromatic rings. The summed E-state index contributed by atoms with van der Waals surface area (Å²) in [6, 6.07) is 13.5. The summed E-state index contributed by atoms with van der Waals surface area (Å²) in [6.45, 7) is 0.147. The van der Waals surface area contributed by atoms with E-state index in [2.05, 4.69) is 10.6 Å². The number of rotatable bonds is 7. The number of nitrogens with one attached hydrogen (secondary N) is 2. The zero-order chi connectivity index (χ0) is 27.1. The van der Waals surface area contributed by atoms with Crippen molar-refractivity contribution in [3.8, 4) is 5.75 Å². The van der Waals surface area contributed by atoms with Crippen LogP contribution < -0.4 is 15.4 Å². The molecule has 9 heteroatoms. The lowest BCUT2D eigenvalue weighted by Gasteiger charge is -2.34. The highest BCUT2D eigenvalue weighted by atomic mass is 35.5. The Balaban J connectivity index is 1.32. The second-order valence-electron chi connectivity index (χ2n) is 10.8. The van der Waals surface area contributed by atoms with E-state index in [0.717, 1.165) is 37.7 Å². The highest BCUT2D eigenvalue weighted by Crippen LogP contribution is 2.55. The third kappa shape index (κ3) is 4.49. The third-order valence-corrected chi connectivity index (χ3v) is 8.90. The smallest absolute Gasteiger partial charge is 0.246 e. The zero-order valence-corrected chi connectivity index (χ0v) is 22.5. The van der Waals surface area contributed by atoms with Gasteiger partial charge in [-0.05, 0) is 48.7 Å². The Labute approximate surface area is 232 Å². The van der Waals surface area contributed by atoms with Gasteiger partial charge in [0, 0.05) is 23.3 Å². The van der Waals surface area contributed by atoms with Gasteiger partial charge in [-0.25, -0.2) is 0 Å². The molecule has 2 saturated heterocycles. The van der Waals surface area contributed by atoms with Gasteiger partial charge in [0.05, 0.1) is 25.0 Å². The predicted molar refractivity (Wildman–Crippen MR) is 146 cm³/mol. The first-order chi connectivity index (χ1) is 18.9. The van der Waals surface area contributed by atoms with Crippen LogP contribution in [0.15, 0.2) is 60.7 Å². The van der Waals surface area contributed by atoms with E-state index < -0.39 is 29.6 Å². The average Bonchev–Trinajstić information content (AvgIpc) is 3.58. The topological polar surface area (TPSA) is 97.0 Å². The standard InChI is InChI=1S/C30H32ClN3O5/c1-38-21-13-11-20(12-14-21)32-27(35)24-23-15-16-30(39-23)25(24)29(37)34(17-18-7-5-6-10-22(18)31)26(30)28(36)33-19-8-3-2-4-9-19/h5-7,10-16,19,23-26H,2-4,8-9,17H2,1H3,(H,32,35)(H,33,36)/t23-,24+,25-,26+,30-/m0/s1. The molecule has 5 atom stereocenters. The fraction of sp³-hybridized carbons (Fsp3) is 0.433. The summed E-state index contributed by atoms with van der Waals surface area (Å²) in [4.78, 5) is 43.2. The number of halogens is 1. The van der Waals surface area contributed by atoms with Crippen LogP contribution in [0.2, 0.25) is 5.02 Å². The molecule has 2 N–H and O–H groups in total. The predicted octanol–water partition coefficient (Wildman–Crippen LogP) is 4.09. The second-order valence-corrected chi connectivity index (χ2v) is 11.2. The Morgan fingerprint density at radius 1 is 1.08 bits per heavy atom. The van der Waals surface area contributed by atoms with Gasteiger partial charge in [0.15, 0.2) is 0 Å². The lowest BCUT2D eigenvalue weighted by atomic mass is 9.74. The summed E-state index contributed by atoms with van der Waals surface area (Å²) in [6.07, 6.45) is 8.19. The van der Waals surface area contributed by atoms with Crippen molar-refractivity contribution >= 4 is 35.0 Å². The highest BCUT2D eigenvalue weighted by molar-refractivity contribution is 6.31. The third-order valence-electron chi connectivity index (χ3n) is 8.53. The van der Waals surface area contributed by atoms with Crippen LogP contribution in [-0.2, 0) is 25.7 Å². The summed E-state index contributed by atoms with van der Waals surface area (Å²) < 4.78 is 11.6. The van der Waals surface area contributed by atoms with Crippen molar-refractivity contribution in [2.45, 2.75) is 62.4 Å². The first-order valence-electron chi connectivity index (χ1n) is 13.6. The molecule has 39 heavy (non-hydrogen) atoms. The lowest BCUT2D eigenvalue weighted by Crippen LogP contribution is -2.56. The molecule has 1 saturated carbocycles. The maximum absolute atomic E-state index is 14.1. The number of anilines is 1. The minimum atomic E-state index is -1.22. The van der Waals surface area contributed by atoms with E-state index in [9.17, 15) is 14.4 Å². The van der Waals surface area contributed by atoms with Gasteiger partial charge < -0.3 is 25.0 Å². The molecule has 1 aliphatic carbocycles. The van der Waals surface area contributed by atoms with Crippen molar-refractivity contribution in [3.63, 3.8) is 0 Å². The van der Waals surface area contributed by atoms with Crippen LogP contribution in [0.25, 0.3) is 0 Å². The van der Waals surface area contributed by atoms with Crippen LogP contribution in [0.3, 0.4) is 0 Å². The monoisotopic (exact) mass is 549 g/mol. The number of nitrogens with zero attached hydrogens (tertiary/aromatic N) is 1. The fourth-order valence-corrected chi connectivity index (χ4v) is 6.87. The number of amides is 3. The van der Waals surface area contributed by atoms with Crippen molar-refractivity contribution < 1.29 is 23.9 Å². The van der Waals surface area contributed by atoms with E-state index >= 15 is 0 Å². The molecular formula is C30H32ClN3O5. The number of hydrogen-bond acceptors (Lipinski definition) is 5. The van der Waals surface area contributed by atoms with E-state index in [-0.39, 0.29) is 30.3 Å². The van der Waals surface area contributed by atoms with Gasteiger partial charge in [0.2, 0.25) is 17.7 Å². The molecule has 1 spiro atoms. The van der Waals surface area contributed by atoms with E-state index in [4.69, 9.17) is 21.1 Å². The SMILES string of the molecule is COc1ccc(NC(=O)[C@@H]2[C@@H]3C=C[C@]4(O3)[C@@H]2C(=O)N(Cc2ccccc2Cl)[C@@H]4C(=O)NC2CCCCC2)cc1. The summed E-state index contributed by atoms with van der Waals surface area (Å²) in [5, 5.41) is 6.65. The molecule has 3 amide bonds. The van der Waals surface area contributed by atoms with E-state index in [1.54, 1.807) is 42.3 Å². The van der Waals surface area contributed by atoms with Gasteiger partial charge in [-0.2, -0.15) is 0 Å². The van der Waals surface area contributed by atoms with Crippen molar-refractivity contribution in [2.75, 3.05) is 12.4 Å². The van der Waals surface area contributed by atoms with Crippen molar-refractivity contribution in [1.82, 2.24) is 10.2 Å². The molecule has 0 aromatic heterocycles. The maximum atomic E-state index is 14.1. The number of hydrogen-bond donors (Lipinski definition) is 2. The van der Waals surface area contributed by atoms with Crippen LogP contribution in [0.4, 0.5) is 5.69 Å². The van der Waals surface area contributed by atoms with Crippen molar-refractivity contribution in [3.05, 3.63) is 71.3 Å². The molecule has 204 valence electrons. The Kier molecular flexibility index (Phi) is 6.85. The lowest BCUT2D eigenvalue weighted by molar-refractivity contribution is -0.142. The maximum Gasteiger partial charge on any atom is 0.246 e. The molecule has 0 radical (unpaired) electrons. The summed E-state index contributed by atoms with van der Waals surface area (Å²) in [5.41, 5.74) is 0.104. The Hall–Kier alpha value is -3.36. The molecular weight excluding hydrogens is 518 g/mol. The van der Waals surface area contributed by atoms with Crippen LogP contribution in [0, 0.1) is 11.8 Å². The Morgan fingerprint density at radius 2 is 1.82 bits per heavy atom. The van der Waals surface area contributed by atoms with Gasteiger partial charge in [-0.3, -0.25) is 14.4 Å². The summed E-state index contributed by atoms with van der Waals surface area (Å²) in [5.74, 6) is -1.76. The number of carbonyl (C=O) groups excluding carboxylic acids is 3. The second kappa shape index (κ2) is 10.3. The van der Waals surface area contributed by atoms with Crippen LogP contribution >= 0.6 is 11.6 Å². The number of ether oxygens (including phenoxy) is 2. The van der Waals surface area contributed by atoms with Crippen molar-refractivity contribution in [1.29, 1.82) is 0 Å². The fourth-order valence-electron chi connectivity index (χ4n) is 6.67. The first-order valence-corrected chi connectivity index (χ1v) is 14.0. The largest absolute Gasteiger partial charge is 0.497 e. The minimum Gasteiger partial charge on any atom is -0.497 e. The minimum absolute atomic E-state index is 0.0655. The molecule has 4 aliphatic rings. The van der Waals surface area contributed by atoms with Gasteiger partial charge >= 0.3 is 0 Å². The number of fused-ring (bicyclic) bond motifs is 1. The molecule has 2 aromatic carbocycles. The Bertz CT molecular complexity index is 1310. The zero-order valence-electron chi connectivity index (χ0n) is 21.8. The normalized spacial score (nSPS) is 29.4. The first kappa shape index (κ1) is 25.9. The number of methoxy groups -OCH3 is 1. The van der Waals surface area contributed by atoms with Crippen molar-refractivity contribution in [2.24, 2.45) is 11.8 Å². The van der Waals surface area contributed by atoms with Gasteiger partial charge in [-0.1, -0.05) is 61.2 Å². The van der Waals surface area contributed by atoms with Gasteiger partial charge in [0.1, 0.15) is 17.4 Å². The summed E-state index contributed by atoms with van der Waals surface area (Å²) in [7, 11) is 1.58. The quantitative estimate of drug-likeness (QED) is 0.507. The molecule has 2 bridgehead atoms. The van der Waals surface area contributed by atoms with Gasteiger partial charge in [0.25, 0.3) is 0 Å². The number of likely N-dealkylation sites (tertiary alicyclic amines) is 1. The molecule has 3 heterocycles. The van der Waals surface area contributed by atoms with E-state index in [0.29, 0.717) is 16.5 Å². The molecule has 0 unspecified atom stereocenters. The number of benzene rings is 2. The van der Waals surface area contributed by atoms with E-state index in [1.807, 2.05) is 30.4 Å². The summed E-state index contributed by atoms with van der Waals surface area (Å²) >= 11 is 6.46. The molecule has 6 rings (SSSR count). The Morgan fingerprint density at radius 3 is 2.54 bits per heavy atom.